The monoisotopic (exact) mass is 424 g/mol. The van der Waals surface area contributed by atoms with E-state index in [2.05, 4.69) is 97.4 Å². The third-order valence-electron chi connectivity index (χ3n) is 4.75. The molecule has 0 aromatic heterocycles. The molecule has 1 nitrogen and oxygen atoms in total. The molecule has 0 aliphatic rings. The first-order valence-corrected chi connectivity index (χ1v) is 11.6. The van der Waals surface area contributed by atoms with E-state index in [1.54, 1.807) is 0 Å². The van der Waals surface area contributed by atoms with E-state index in [0.29, 0.717) is 0 Å². The molecule has 3 heteroatoms. The zero-order chi connectivity index (χ0) is 18.7. The Kier molecular flexibility index (Phi) is 5.81. The summed E-state index contributed by atoms with van der Waals surface area (Å²) in [6, 6.07) is 27.1. The quantitative estimate of drug-likeness (QED) is 0.616. The molecule has 0 aliphatic heterocycles. The third-order valence-corrected chi connectivity index (χ3v) is 8.61. The molecule has 1 N–H and O–H groups in total. The minimum Gasteiger partial charge on any atom is -0.391 e. The molecule has 0 heterocycles. The molecule has 3 rings (SSSR count). The lowest BCUT2D eigenvalue weighted by Crippen LogP contribution is -2.48. The number of rotatable bonds is 4. The molecule has 3 aromatic rings. The topological polar surface area (TPSA) is 20.2 Å². The summed E-state index contributed by atoms with van der Waals surface area (Å²) >= 11 is 3.72. The van der Waals surface area contributed by atoms with Crippen molar-refractivity contribution in [2.75, 3.05) is 0 Å². The molecule has 0 saturated carbocycles. The fraction of sp³-hybridized carbons (Fsp3) is 0.217. The van der Waals surface area contributed by atoms with E-state index in [1.165, 1.54) is 15.9 Å². The fourth-order valence-corrected chi connectivity index (χ4v) is 7.64. The standard InChI is InChI=1S/C23H25BrOSi/c1-23(2,3)21-19(15-10-16-20(21)24)22(25)26(17-11-6-4-7-12-17)18-13-8-5-9-14-18/h4-16,22,25-26H,1-3H3. The SMILES string of the molecule is CC(C)(C)c1c(Br)cccc1C(O)[SiH](c1ccccc1)c1ccccc1. The van der Waals surface area contributed by atoms with Gasteiger partial charge in [-0.2, -0.15) is 0 Å². The van der Waals surface area contributed by atoms with Crippen LogP contribution in [-0.2, 0) is 5.41 Å². The Labute approximate surface area is 166 Å². The van der Waals surface area contributed by atoms with Crippen LogP contribution in [0.2, 0.25) is 0 Å². The molecule has 3 aromatic carbocycles. The maximum Gasteiger partial charge on any atom is 0.139 e. The number of hydrogen-bond acceptors (Lipinski definition) is 1. The van der Waals surface area contributed by atoms with Gasteiger partial charge in [-0.1, -0.05) is 120 Å². The van der Waals surface area contributed by atoms with Gasteiger partial charge in [0.25, 0.3) is 0 Å². The molecule has 0 saturated heterocycles. The fourth-order valence-electron chi connectivity index (χ4n) is 3.64. The maximum absolute atomic E-state index is 11.6. The van der Waals surface area contributed by atoms with E-state index < -0.39 is 14.5 Å². The van der Waals surface area contributed by atoms with E-state index in [0.717, 1.165) is 10.0 Å². The Morgan fingerprint density at radius 1 is 0.769 bits per heavy atom. The summed E-state index contributed by atoms with van der Waals surface area (Å²) in [5.41, 5.74) is 1.68. The van der Waals surface area contributed by atoms with Crippen molar-refractivity contribution in [3.05, 3.63) is 94.5 Å². The Balaban J connectivity index is 2.17. The van der Waals surface area contributed by atoms with Crippen LogP contribution in [0, 0.1) is 0 Å². The van der Waals surface area contributed by atoms with Crippen LogP contribution in [0.15, 0.2) is 83.3 Å². The van der Waals surface area contributed by atoms with Gasteiger partial charge in [-0.3, -0.25) is 0 Å². The molecule has 0 bridgehead atoms. The molecule has 134 valence electrons. The number of hydrogen-bond donors (Lipinski definition) is 1. The molecule has 26 heavy (non-hydrogen) atoms. The molecular formula is C23H25BrOSi. The zero-order valence-electron chi connectivity index (χ0n) is 15.5. The summed E-state index contributed by atoms with van der Waals surface area (Å²) in [5, 5.41) is 14.1. The zero-order valence-corrected chi connectivity index (χ0v) is 18.2. The van der Waals surface area contributed by atoms with Gasteiger partial charge in [-0.15, -0.1) is 0 Å². The number of aliphatic hydroxyl groups excluding tert-OH is 1. The normalized spacial score (nSPS) is 13.0. The van der Waals surface area contributed by atoms with Crippen LogP contribution >= 0.6 is 15.9 Å². The van der Waals surface area contributed by atoms with Crippen molar-refractivity contribution >= 4 is 35.1 Å². The van der Waals surface area contributed by atoms with Gasteiger partial charge in [0.1, 0.15) is 8.80 Å². The molecule has 0 spiro atoms. The largest absolute Gasteiger partial charge is 0.391 e. The molecule has 1 unspecified atom stereocenters. The van der Waals surface area contributed by atoms with Crippen LogP contribution in [0.1, 0.15) is 37.6 Å². The molecule has 0 fully saturated rings. The van der Waals surface area contributed by atoms with Gasteiger partial charge < -0.3 is 5.11 Å². The van der Waals surface area contributed by atoms with Crippen LogP contribution in [0.3, 0.4) is 0 Å². The van der Waals surface area contributed by atoms with E-state index >= 15 is 0 Å². The van der Waals surface area contributed by atoms with Gasteiger partial charge in [0.05, 0.1) is 5.73 Å². The smallest absolute Gasteiger partial charge is 0.139 e. The Hall–Kier alpha value is -1.68. The maximum atomic E-state index is 11.6. The van der Waals surface area contributed by atoms with Crippen LogP contribution in [-0.4, -0.2) is 13.9 Å². The second kappa shape index (κ2) is 7.91. The summed E-state index contributed by atoms with van der Waals surface area (Å²) in [6.45, 7) is 6.60. The lowest BCUT2D eigenvalue weighted by Gasteiger charge is -2.30. The second-order valence-corrected chi connectivity index (χ2v) is 11.5. The first kappa shape index (κ1) is 19.1. The average Bonchev–Trinajstić information content (AvgIpc) is 2.62. The van der Waals surface area contributed by atoms with Crippen molar-refractivity contribution in [2.45, 2.75) is 31.9 Å². The first-order valence-electron chi connectivity index (χ1n) is 8.96. The van der Waals surface area contributed by atoms with Crippen molar-refractivity contribution < 1.29 is 5.11 Å². The lowest BCUT2D eigenvalue weighted by atomic mass is 9.84. The second-order valence-electron chi connectivity index (χ2n) is 7.70. The van der Waals surface area contributed by atoms with Crippen LogP contribution < -0.4 is 10.4 Å². The van der Waals surface area contributed by atoms with Crippen LogP contribution in [0.25, 0.3) is 0 Å². The third kappa shape index (κ3) is 4.01. The van der Waals surface area contributed by atoms with E-state index in [1.807, 2.05) is 18.2 Å². The molecule has 0 radical (unpaired) electrons. The van der Waals surface area contributed by atoms with Crippen molar-refractivity contribution in [2.24, 2.45) is 0 Å². The summed E-state index contributed by atoms with van der Waals surface area (Å²) in [7, 11) is -1.86. The van der Waals surface area contributed by atoms with Gasteiger partial charge in [0.2, 0.25) is 0 Å². The molecule has 0 amide bonds. The Morgan fingerprint density at radius 2 is 1.27 bits per heavy atom. The van der Waals surface area contributed by atoms with Gasteiger partial charge in [0, 0.05) is 4.47 Å². The van der Waals surface area contributed by atoms with Crippen molar-refractivity contribution in [3.8, 4) is 0 Å². The Morgan fingerprint density at radius 3 is 1.73 bits per heavy atom. The molecule has 1 atom stereocenters. The minimum absolute atomic E-state index is 0.0528. The highest BCUT2D eigenvalue weighted by molar-refractivity contribution is 9.10. The van der Waals surface area contributed by atoms with Crippen molar-refractivity contribution in [1.29, 1.82) is 0 Å². The van der Waals surface area contributed by atoms with Gasteiger partial charge in [-0.25, -0.2) is 0 Å². The average molecular weight is 425 g/mol. The summed E-state index contributed by atoms with van der Waals surface area (Å²) in [5.74, 6) is 0. The summed E-state index contributed by atoms with van der Waals surface area (Å²) < 4.78 is 1.07. The predicted octanol–water partition coefficient (Wildman–Crippen LogP) is 4.36. The number of aliphatic hydroxyl groups is 1. The Bertz CT molecular complexity index is 817. The van der Waals surface area contributed by atoms with Gasteiger partial charge in [0.15, 0.2) is 0 Å². The lowest BCUT2D eigenvalue weighted by molar-refractivity contribution is 0.253. The molecular weight excluding hydrogens is 400 g/mol. The van der Waals surface area contributed by atoms with Gasteiger partial charge in [-0.05, 0) is 22.6 Å². The number of halogens is 1. The van der Waals surface area contributed by atoms with E-state index in [4.69, 9.17) is 0 Å². The summed E-state index contributed by atoms with van der Waals surface area (Å²) in [4.78, 5) is 0. The van der Waals surface area contributed by atoms with Crippen molar-refractivity contribution in [3.63, 3.8) is 0 Å². The van der Waals surface area contributed by atoms with Crippen molar-refractivity contribution in [1.82, 2.24) is 0 Å². The number of benzene rings is 3. The highest BCUT2D eigenvalue weighted by Crippen LogP contribution is 2.36. The molecule has 0 aliphatic carbocycles. The van der Waals surface area contributed by atoms with Gasteiger partial charge >= 0.3 is 0 Å². The highest BCUT2D eigenvalue weighted by Gasteiger charge is 2.31. The summed E-state index contributed by atoms with van der Waals surface area (Å²) in [6.07, 6.45) is 0. The highest BCUT2D eigenvalue weighted by atomic mass is 79.9. The van der Waals surface area contributed by atoms with Crippen LogP contribution in [0.5, 0.6) is 0 Å². The minimum atomic E-state index is -1.86. The predicted molar refractivity (Wildman–Crippen MR) is 117 cm³/mol. The van der Waals surface area contributed by atoms with Crippen LogP contribution in [0.4, 0.5) is 0 Å². The van der Waals surface area contributed by atoms with E-state index in [9.17, 15) is 5.11 Å². The first-order chi connectivity index (χ1) is 12.4. The van der Waals surface area contributed by atoms with E-state index in [-0.39, 0.29) is 5.41 Å².